The van der Waals surface area contributed by atoms with Gasteiger partial charge in [0.1, 0.15) is 11.5 Å². The molecule has 1 N–H and O–H groups in total. The van der Waals surface area contributed by atoms with E-state index < -0.39 is 35.9 Å². The van der Waals surface area contributed by atoms with Crippen LogP contribution >= 0.6 is 0 Å². The lowest BCUT2D eigenvalue weighted by atomic mass is 9.58. The first kappa shape index (κ1) is 23.5. The summed E-state index contributed by atoms with van der Waals surface area (Å²) in [5, 5.41) is 8.74. The number of carbonyl (C=O) groups is 2. The molecule has 1 aromatic carbocycles. The third-order valence-corrected chi connectivity index (χ3v) is 7.93. The summed E-state index contributed by atoms with van der Waals surface area (Å²) >= 11 is 0. The predicted molar refractivity (Wildman–Crippen MR) is 116 cm³/mol. The smallest absolute Gasteiger partial charge is 0.311 e. The lowest BCUT2D eigenvalue weighted by Crippen LogP contribution is -2.70. The molecule has 34 heavy (non-hydrogen) atoms. The summed E-state index contributed by atoms with van der Waals surface area (Å²) in [7, 11) is 0. The molecule has 2 unspecified atom stereocenters. The fourth-order valence-corrected chi connectivity index (χ4v) is 6.14. The second-order valence-corrected chi connectivity index (χ2v) is 10.2. The zero-order chi connectivity index (χ0) is 24.1. The van der Waals surface area contributed by atoms with Gasteiger partial charge in [0.15, 0.2) is 11.9 Å². The van der Waals surface area contributed by atoms with Gasteiger partial charge in [-0.15, -0.1) is 0 Å². The fourth-order valence-electron chi connectivity index (χ4n) is 6.14. The molecule has 6 rings (SSSR count). The van der Waals surface area contributed by atoms with Crippen LogP contribution in [0.1, 0.15) is 59.3 Å². The van der Waals surface area contributed by atoms with Gasteiger partial charge in [0, 0.05) is 24.3 Å². The van der Waals surface area contributed by atoms with Crippen molar-refractivity contribution in [3.8, 4) is 11.5 Å². The lowest BCUT2D eigenvalue weighted by molar-refractivity contribution is -0.575. The summed E-state index contributed by atoms with van der Waals surface area (Å²) in [6.07, 6.45) is 2.09. The van der Waals surface area contributed by atoms with Crippen LogP contribution in [-0.4, -0.2) is 41.0 Å². The highest BCUT2D eigenvalue weighted by Crippen LogP contribution is 2.60. The molecule has 1 aliphatic carbocycles. The summed E-state index contributed by atoms with van der Waals surface area (Å²) in [6, 6.07) is 6.70. The monoisotopic (exact) mass is 476 g/mol. The Morgan fingerprint density at radius 1 is 1.09 bits per heavy atom. The Balaban J connectivity index is 1.34. The lowest BCUT2D eigenvalue weighted by Gasteiger charge is -2.60. The van der Waals surface area contributed by atoms with E-state index in [2.05, 4.69) is 13.8 Å². The highest BCUT2D eigenvalue weighted by molar-refractivity contribution is 5.78. The Labute approximate surface area is 198 Å². The van der Waals surface area contributed by atoms with E-state index in [-0.39, 0.29) is 36.3 Å². The van der Waals surface area contributed by atoms with E-state index in [0.29, 0.717) is 11.7 Å². The van der Waals surface area contributed by atoms with E-state index in [9.17, 15) is 9.59 Å². The van der Waals surface area contributed by atoms with Gasteiger partial charge in [-0.1, -0.05) is 19.9 Å². The Morgan fingerprint density at radius 2 is 1.88 bits per heavy atom. The largest absolute Gasteiger partial charge is 0.481 e. The molecule has 1 spiro atoms. The number of fused-ring (bicyclic) bond motifs is 2. The SMILES string of the molecule is C[C@@H]1CCC2[C@@H](C)[C@@H](Oc3cccc(OC(=O)CCC(=O)O)c3)O[C@H]3O[C@@]4(C)CCC1[C@@]23OO4. The molecule has 4 aliphatic heterocycles. The number of esters is 1. The summed E-state index contributed by atoms with van der Waals surface area (Å²) in [4.78, 5) is 34.6. The maximum Gasteiger partial charge on any atom is 0.311 e. The molecule has 1 aromatic rings. The molecule has 5 aliphatic rings. The normalized spacial score (nSPS) is 40.7. The highest BCUT2D eigenvalue weighted by atomic mass is 17.3. The quantitative estimate of drug-likeness (QED) is 0.369. The predicted octanol–water partition coefficient (Wildman–Crippen LogP) is 4.04. The van der Waals surface area contributed by atoms with E-state index in [1.807, 2.05) is 6.92 Å². The van der Waals surface area contributed by atoms with Crippen molar-refractivity contribution in [3.05, 3.63) is 24.3 Å². The molecule has 5 fully saturated rings. The van der Waals surface area contributed by atoms with Crippen molar-refractivity contribution < 1.29 is 43.4 Å². The standard InChI is InChI=1S/C25H32O9/c1-14-7-8-19-15(2)22(31-23-25(19)18(14)11-12-24(3,32-23)33-34-25)30-17-6-4-5-16(13-17)29-21(28)10-9-20(26)27/h4-6,13-15,18-19,22-23H,7-12H2,1-3H3,(H,26,27)/t14-,15-,18?,19?,22+,23+,24-,25-/m1/s1. The van der Waals surface area contributed by atoms with E-state index in [4.69, 9.17) is 33.8 Å². The number of carboxylic acid groups (broad SMARTS) is 1. The van der Waals surface area contributed by atoms with Crippen LogP contribution in [0.15, 0.2) is 24.3 Å². The number of carboxylic acids is 1. The summed E-state index contributed by atoms with van der Waals surface area (Å²) in [5.41, 5.74) is -0.658. The van der Waals surface area contributed by atoms with Crippen molar-refractivity contribution >= 4 is 11.9 Å². The number of hydrogen-bond acceptors (Lipinski definition) is 8. The first-order valence-corrected chi connectivity index (χ1v) is 12.1. The Morgan fingerprint density at radius 3 is 2.68 bits per heavy atom. The Hall–Kier alpha value is -2.20. The molecule has 4 heterocycles. The molecule has 9 nitrogen and oxygen atoms in total. The number of aliphatic carboxylic acids is 1. The Bertz CT molecular complexity index is 950. The zero-order valence-electron chi connectivity index (χ0n) is 19.7. The summed E-state index contributed by atoms with van der Waals surface area (Å²) < 4.78 is 24.3. The number of rotatable bonds is 6. The van der Waals surface area contributed by atoms with Gasteiger partial charge in [-0.05, 0) is 50.2 Å². The van der Waals surface area contributed by atoms with Gasteiger partial charge in [0.2, 0.25) is 12.1 Å². The minimum Gasteiger partial charge on any atom is -0.481 e. The van der Waals surface area contributed by atoms with Gasteiger partial charge in [-0.2, -0.15) is 0 Å². The highest BCUT2D eigenvalue weighted by Gasteiger charge is 2.69. The van der Waals surface area contributed by atoms with Gasteiger partial charge < -0.3 is 24.1 Å². The summed E-state index contributed by atoms with van der Waals surface area (Å²) in [5.74, 6) is -0.851. The summed E-state index contributed by atoms with van der Waals surface area (Å²) in [6.45, 7) is 6.26. The van der Waals surface area contributed by atoms with Crippen LogP contribution in [0.4, 0.5) is 0 Å². The molecule has 9 heteroatoms. The van der Waals surface area contributed by atoms with Crippen LogP contribution in [0, 0.1) is 23.7 Å². The van der Waals surface area contributed by atoms with Crippen LogP contribution in [0.2, 0.25) is 0 Å². The van der Waals surface area contributed by atoms with Crippen LogP contribution in [0.5, 0.6) is 11.5 Å². The molecular weight excluding hydrogens is 444 g/mol. The molecule has 2 bridgehead atoms. The molecular formula is C25H32O9. The molecule has 0 amide bonds. The minimum atomic E-state index is -1.05. The maximum atomic E-state index is 11.9. The first-order valence-electron chi connectivity index (χ1n) is 12.1. The van der Waals surface area contributed by atoms with Crippen molar-refractivity contribution in [2.45, 2.75) is 83.3 Å². The maximum absolute atomic E-state index is 11.9. The molecule has 0 radical (unpaired) electrons. The van der Waals surface area contributed by atoms with Gasteiger partial charge >= 0.3 is 11.9 Å². The van der Waals surface area contributed by atoms with Crippen LogP contribution < -0.4 is 9.47 Å². The molecule has 186 valence electrons. The zero-order valence-corrected chi connectivity index (χ0v) is 19.7. The van der Waals surface area contributed by atoms with Crippen molar-refractivity contribution in [2.75, 3.05) is 0 Å². The van der Waals surface area contributed by atoms with Crippen LogP contribution in [0.25, 0.3) is 0 Å². The molecule has 4 saturated heterocycles. The van der Waals surface area contributed by atoms with Gasteiger partial charge in [0.25, 0.3) is 0 Å². The molecule has 0 aromatic heterocycles. The van der Waals surface area contributed by atoms with Gasteiger partial charge in [0.05, 0.1) is 12.8 Å². The van der Waals surface area contributed by atoms with E-state index in [0.717, 1.165) is 25.7 Å². The number of hydrogen-bond donors (Lipinski definition) is 1. The molecule has 1 saturated carbocycles. The number of carbonyl (C=O) groups excluding carboxylic acids is 1. The van der Waals surface area contributed by atoms with E-state index in [1.54, 1.807) is 24.3 Å². The van der Waals surface area contributed by atoms with E-state index >= 15 is 0 Å². The van der Waals surface area contributed by atoms with Crippen molar-refractivity contribution in [3.63, 3.8) is 0 Å². The first-order chi connectivity index (χ1) is 16.2. The fraction of sp³-hybridized carbons (Fsp3) is 0.680. The second kappa shape index (κ2) is 8.78. The average molecular weight is 477 g/mol. The third-order valence-electron chi connectivity index (χ3n) is 7.93. The average Bonchev–Trinajstić information content (AvgIpc) is 3.02. The van der Waals surface area contributed by atoms with E-state index in [1.165, 1.54) is 0 Å². The molecule has 8 atom stereocenters. The van der Waals surface area contributed by atoms with Crippen LogP contribution in [0.3, 0.4) is 0 Å². The van der Waals surface area contributed by atoms with Crippen molar-refractivity contribution in [1.29, 1.82) is 0 Å². The van der Waals surface area contributed by atoms with Crippen molar-refractivity contribution in [1.82, 2.24) is 0 Å². The number of benzene rings is 1. The third kappa shape index (κ3) is 4.08. The van der Waals surface area contributed by atoms with Gasteiger partial charge in [-0.3, -0.25) is 9.59 Å². The second-order valence-electron chi connectivity index (χ2n) is 10.2. The topological polar surface area (TPSA) is 110 Å². The Kier molecular flexibility index (Phi) is 6.08. The minimum absolute atomic E-state index is 0.00248. The van der Waals surface area contributed by atoms with Crippen LogP contribution in [-0.2, 0) is 28.8 Å². The van der Waals surface area contributed by atoms with Gasteiger partial charge in [-0.25, -0.2) is 9.78 Å². The van der Waals surface area contributed by atoms with Crippen molar-refractivity contribution in [2.24, 2.45) is 23.7 Å². The number of ether oxygens (including phenoxy) is 4.